The van der Waals surface area contributed by atoms with E-state index in [1.165, 1.54) is 6.07 Å². The Hall–Kier alpha value is -0.670. The van der Waals surface area contributed by atoms with Crippen LogP contribution in [0.4, 0.5) is 8.78 Å². The zero-order valence-corrected chi connectivity index (χ0v) is 9.56. The summed E-state index contributed by atoms with van der Waals surface area (Å²) in [6, 6.07) is 3.61. The molecule has 0 N–H and O–H groups in total. The Balaban J connectivity index is 2.75. The molecule has 0 aromatic heterocycles. The number of alkyl halides is 1. The van der Waals surface area contributed by atoms with E-state index in [1.54, 1.807) is 0 Å². The molecule has 0 aliphatic heterocycles. The van der Waals surface area contributed by atoms with E-state index in [-0.39, 0.29) is 11.9 Å². The van der Waals surface area contributed by atoms with Gasteiger partial charge < -0.3 is 0 Å². The van der Waals surface area contributed by atoms with Crippen molar-refractivity contribution in [3.8, 4) is 0 Å². The van der Waals surface area contributed by atoms with Crippen molar-refractivity contribution in [1.29, 1.82) is 0 Å². The molecular formula is C11H14ClF2N. The molecule has 1 aromatic rings. The molecule has 4 heteroatoms. The van der Waals surface area contributed by atoms with Crippen LogP contribution < -0.4 is 0 Å². The lowest BCUT2D eigenvalue weighted by molar-refractivity contribution is 0.264. The Morgan fingerprint density at radius 3 is 2.67 bits per heavy atom. The minimum atomic E-state index is -0.418. The van der Waals surface area contributed by atoms with Gasteiger partial charge in [0, 0.05) is 24.0 Å². The van der Waals surface area contributed by atoms with Gasteiger partial charge >= 0.3 is 0 Å². The molecule has 0 fully saturated rings. The zero-order valence-electron chi connectivity index (χ0n) is 8.80. The Labute approximate surface area is 93.7 Å². The topological polar surface area (TPSA) is 3.24 Å². The summed E-state index contributed by atoms with van der Waals surface area (Å²) in [6.45, 7) is 2.29. The number of hydrogen-bond donors (Lipinski definition) is 0. The first-order chi connectivity index (χ1) is 7.04. The Morgan fingerprint density at radius 1 is 1.40 bits per heavy atom. The van der Waals surface area contributed by atoms with Gasteiger partial charge in [0.2, 0.25) is 0 Å². The fraction of sp³-hybridized carbons (Fsp3) is 0.455. The van der Waals surface area contributed by atoms with Gasteiger partial charge in [-0.2, -0.15) is 0 Å². The van der Waals surface area contributed by atoms with Crippen LogP contribution in [0.15, 0.2) is 18.2 Å². The van der Waals surface area contributed by atoms with E-state index < -0.39 is 5.82 Å². The predicted octanol–water partition coefficient (Wildman–Crippen LogP) is 3.02. The second-order valence-electron chi connectivity index (χ2n) is 3.65. The van der Waals surface area contributed by atoms with Gasteiger partial charge in [0.1, 0.15) is 11.6 Å². The fourth-order valence-electron chi connectivity index (χ4n) is 1.21. The lowest BCUT2D eigenvalue weighted by Gasteiger charge is -2.22. The van der Waals surface area contributed by atoms with Crippen LogP contribution in [0.1, 0.15) is 12.5 Å². The van der Waals surface area contributed by atoms with E-state index in [2.05, 4.69) is 0 Å². The molecule has 0 amide bonds. The molecule has 1 rings (SSSR count). The van der Waals surface area contributed by atoms with Crippen LogP contribution in [0.25, 0.3) is 0 Å². The van der Waals surface area contributed by atoms with Gasteiger partial charge in [-0.05, 0) is 32.2 Å². The van der Waals surface area contributed by atoms with Crippen LogP contribution in [0, 0.1) is 11.6 Å². The molecule has 0 radical (unpaired) electrons. The maximum absolute atomic E-state index is 13.3. The molecular weight excluding hydrogens is 220 g/mol. The van der Waals surface area contributed by atoms with Crippen LogP contribution >= 0.6 is 11.6 Å². The second kappa shape index (κ2) is 5.42. The first-order valence-electron chi connectivity index (χ1n) is 4.74. The van der Waals surface area contributed by atoms with E-state index in [0.29, 0.717) is 18.0 Å². The van der Waals surface area contributed by atoms with Gasteiger partial charge in [-0.3, -0.25) is 4.90 Å². The largest absolute Gasteiger partial charge is 0.298 e. The number of halogens is 3. The van der Waals surface area contributed by atoms with E-state index in [0.717, 1.165) is 12.1 Å². The first kappa shape index (κ1) is 12.4. The van der Waals surface area contributed by atoms with E-state index in [9.17, 15) is 8.78 Å². The summed E-state index contributed by atoms with van der Waals surface area (Å²) in [7, 11) is 1.83. The van der Waals surface area contributed by atoms with Crippen molar-refractivity contribution in [2.24, 2.45) is 0 Å². The number of rotatable bonds is 4. The van der Waals surface area contributed by atoms with Gasteiger partial charge in [0.05, 0.1) is 0 Å². The molecule has 84 valence electrons. The molecule has 15 heavy (non-hydrogen) atoms. The summed E-state index contributed by atoms with van der Waals surface area (Å²) in [5.74, 6) is -0.337. The lowest BCUT2D eigenvalue weighted by Crippen LogP contribution is -2.30. The second-order valence-corrected chi connectivity index (χ2v) is 3.96. The minimum Gasteiger partial charge on any atom is -0.298 e. The van der Waals surface area contributed by atoms with Crippen molar-refractivity contribution in [2.45, 2.75) is 19.5 Å². The summed E-state index contributed by atoms with van der Waals surface area (Å²) in [4.78, 5) is 1.88. The van der Waals surface area contributed by atoms with Crippen LogP contribution in [0.3, 0.4) is 0 Å². The third-order valence-corrected chi connectivity index (χ3v) is 2.85. The average Bonchev–Trinajstić information content (AvgIpc) is 2.22. The molecule has 1 atom stereocenters. The summed E-state index contributed by atoms with van der Waals surface area (Å²) < 4.78 is 26.1. The highest BCUT2D eigenvalue weighted by molar-refractivity contribution is 6.18. The maximum Gasteiger partial charge on any atom is 0.127 e. The van der Waals surface area contributed by atoms with Crippen LogP contribution in [-0.4, -0.2) is 23.9 Å². The Kier molecular flexibility index (Phi) is 4.48. The molecule has 0 aliphatic rings. The SMILES string of the molecule is CC(CCl)N(C)Cc1cc(F)ccc1F. The first-order valence-corrected chi connectivity index (χ1v) is 5.28. The zero-order chi connectivity index (χ0) is 11.4. The molecule has 0 bridgehead atoms. The molecule has 0 aliphatic carbocycles. The van der Waals surface area contributed by atoms with E-state index in [4.69, 9.17) is 11.6 Å². The third kappa shape index (κ3) is 3.43. The normalized spacial score (nSPS) is 13.2. The quantitative estimate of drug-likeness (QED) is 0.723. The lowest BCUT2D eigenvalue weighted by atomic mass is 10.2. The maximum atomic E-state index is 13.3. The van der Waals surface area contributed by atoms with Gasteiger partial charge in [-0.15, -0.1) is 11.6 Å². The highest BCUT2D eigenvalue weighted by atomic mass is 35.5. The number of hydrogen-bond acceptors (Lipinski definition) is 1. The molecule has 0 saturated carbocycles. The van der Waals surface area contributed by atoms with Gasteiger partial charge in [-0.1, -0.05) is 0 Å². The highest BCUT2D eigenvalue weighted by Crippen LogP contribution is 2.13. The van der Waals surface area contributed by atoms with Gasteiger partial charge in [-0.25, -0.2) is 8.78 Å². The van der Waals surface area contributed by atoms with Crippen LogP contribution in [0.2, 0.25) is 0 Å². The molecule has 0 saturated heterocycles. The van der Waals surface area contributed by atoms with Crippen molar-refractivity contribution in [1.82, 2.24) is 4.90 Å². The van der Waals surface area contributed by atoms with Crippen LogP contribution in [-0.2, 0) is 6.54 Å². The van der Waals surface area contributed by atoms with Crippen LogP contribution in [0.5, 0.6) is 0 Å². The molecule has 0 heterocycles. The van der Waals surface area contributed by atoms with Crippen molar-refractivity contribution >= 4 is 11.6 Å². The predicted molar refractivity (Wildman–Crippen MR) is 58.0 cm³/mol. The Morgan fingerprint density at radius 2 is 2.07 bits per heavy atom. The van der Waals surface area contributed by atoms with Crippen molar-refractivity contribution < 1.29 is 8.78 Å². The Bertz CT molecular complexity index is 330. The third-order valence-electron chi connectivity index (χ3n) is 2.40. The monoisotopic (exact) mass is 233 g/mol. The summed E-state index contributed by atoms with van der Waals surface area (Å²) >= 11 is 5.67. The molecule has 1 nitrogen and oxygen atoms in total. The van der Waals surface area contributed by atoms with Crippen molar-refractivity contribution in [2.75, 3.05) is 12.9 Å². The smallest absolute Gasteiger partial charge is 0.127 e. The van der Waals surface area contributed by atoms with Crippen molar-refractivity contribution in [3.05, 3.63) is 35.4 Å². The molecule has 1 unspecified atom stereocenters. The van der Waals surface area contributed by atoms with Crippen molar-refractivity contribution in [3.63, 3.8) is 0 Å². The number of benzene rings is 1. The van der Waals surface area contributed by atoms with Gasteiger partial charge in [0.25, 0.3) is 0 Å². The fourth-order valence-corrected chi connectivity index (χ4v) is 1.44. The number of nitrogens with zero attached hydrogens (tertiary/aromatic N) is 1. The molecule has 1 aromatic carbocycles. The van der Waals surface area contributed by atoms with E-state index in [1.807, 2.05) is 18.9 Å². The summed E-state index contributed by atoms with van der Waals surface area (Å²) in [6.07, 6.45) is 0. The molecule has 0 spiro atoms. The van der Waals surface area contributed by atoms with E-state index >= 15 is 0 Å². The summed E-state index contributed by atoms with van der Waals surface area (Å²) in [5.41, 5.74) is 0.356. The average molecular weight is 234 g/mol. The summed E-state index contributed by atoms with van der Waals surface area (Å²) in [5, 5.41) is 0. The van der Waals surface area contributed by atoms with Gasteiger partial charge in [0.15, 0.2) is 0 Å². The highest BCUT2D eigenvalue weighted by Gasteiger charge is 2.11. The standard InChI is InChI=1S/C11H14ClF2N/c1-8(6-12)15(2)7-9-5-10(13)3-4-11(9)14/h3-5,8H,6-7H2,1-2H3. The minimum absolute atomic E-state index is 0.134.